The number of anilines is 1. The number of hydrazone groups is 1. The van der Waals surface area contributed by atoms with E-state index < -0.39 is 0 Å². The highest BCUT2D eigenvalue weighted by atomic mass is 32.2. The Kier molecular flexibility index (Phi) is 8.53. The van der Waals surface area contributed by atoms with E-state index in [4.69, 9.17) is 17.0 Å². The summed E-state index contributed by atoms with van der Waals surface area (Å²) in [5.74, 6) is 1.13. The summed E-state index contributed by atoms with van der Waals surface area (Å²) in [6.45, 7) is 8.57. The molecule has 0 amide bonds. The highest BCUT2D eigenvalue weighted by Gasteiger charge is 2.12. The van der Waals surface area contributed by atoms with Gasteiger partial charge < -0.3 is 20.3 Å². The molecule has 0 atom stereocenters. The fraction of sp³-hybridized carbons (Fsp3) is 0.526. The van der Waals surface area contributed by atoms with Crippen LogP contribution in [0.1, 0.15) is 18.9 Å². The monoisotopic (exact) mass is 421 g/mol. The minimum absolute atomic E-state index is 0.553. The van der Waals surface area contributed by atoms with Crippen LogP contribution in [0, 0.1) is 0 Å². The maximum Gasteiger partial charge on any atom is 0.187 e. The van der Waals surface area contributed by atoms with Gasteiger partial charge >= 0.3 is 0 Å². The van der Waals surface area contributed by atoms with E-state index in [0.717, 1.165) is 80.2 Å². The SMILES string of the molecule is C/C(=N/NC(=S)NCC[NH+]1CCOCC1)c1ccc(NC2=NCCCS2)cc1. The number of hydrogen-bond donors (Lipinski definition) is 4. The molecule has 9 heteroatoms. The predicted molar refractivity (Wildman–Crippen MR) is 122 cm³/mol. The van der Waals surface area contributed by atoms with Gasteiger partial charge in [0.1, 0.15) is 13.1 Å². The fourth-order valence-corrected chi connectivity index (χ4v) is 3.94. The third-order valence-corrected chi connectivity index (χ3v) is 5.87. The van der Waals surface area contributed by atoms with Crippen LogP contribution in [0.15, 0.2) is 34.4 Å². The zero-order chi connectivity index (χ0) is 19.6. The van der Waals surface area contributed by atoms with Crippen LogP contribution in [0.4, 0.5) is 5.69 Å². The number of amidine groups is 1. The van der Waals surface area contributed by atoms with Gasteiger partial charge in [0.05, 0.1) is 32.0 Å². The lowest BCUT2D eigenvalue weighted by Gasteiger charge is -2.23. The number of benzene rings is 1. The third-order valence-electron chi connectivity index (χ3n) is 4.64. The van der Waals surface area contributed by atoms with E-state index >= 15 is 0 Å². The molecule has 2 aliphatic rings. The molecule has 2 aliphatic heterocycles. The van der Waals surface area contributed by atoms with Gasteiger partial charge in [0.15, 0.2) is 10.3 Å². The number of thiocarbonyl (C=S) groups is 1. The molecular weight excluding hydrogens is 392 g/mol. The second kappa shape index (κ2) is 11.4. The lowest BCUT2D eigenvalue weighted by molar-refractivity contribution is -0.906. The zero-order valence-corrected chi connectivity index (χ0v) is 17.9. The highest BCUT2D eigenvalue weighted by molar-refractivity contribution is 8.14. The van der Waals surface area contributed by atoms with Crippen LogP contribution in [0.3, 0.4) is 0 Å². The summed E-state index contributed by atoms with van der Waals surface area (Å²) in [4.78, 5) is 6.04. The van der Waals surface area contributed by atoms with Crippen LogP contribution < -0.4 is 21.0 Å². The summed E-state index contributed by atoms with van der Waals surface area (Å²) in [5.41, 5.74) is 5.92. The second-order valence-corrected chi connectivity index (χ2v) is 8.26. The number of quaternary nitrogens is 1. The van der Waals surface area contributed by atoms with Crippen molar-refractivity contribution in [3.05, 3.63) is 29.8 Å². The van der Waals surface area contributed by atoms with E-state index in [9.17, 15) is 0 Å². The first-order valence-corrected chi connectivity index (χ1v) is 11.1. The number of ether oxygens (including phenoxy) is 1. The van der Waals surface area contributed by atoms with Crippen LogP contribution in [-0.4, -0.2) is 67.7 Å². The summed E-state index contributed by atoms with van der Waals surface area (Å²) in [6, 6.07) is 8.20. The van der Waals surface area contributed by atoms with Crippen LogP contribution in [0.25, 0.3) is 0 Å². The maximum atomic E-state index is 5.37. The average molecular weight is 422 g/mol. The summed E-state index contributed by atoms with van der Waals surface area (Å²) in [7, 11) is 0. The molecule has 0 unspecified atom stereocenters. The molecule has 0 aliphatic carbocycles. The van der Waals surface area contributed by atoms with Gasteiger partial charge in [-0.1, -0.05) is 23.9 Å². The maximum absolute atomic E-state index is 5.37. The van der Waals surface area contributed by atoms with E-state index in [1.54, 1.807) is 16.7 Å². The summed E-state index contributed by atoms with van der Waals surface area (Å²) in [5, 5.41) is 12.5. The number of morpholine rings is 1. The number of nitrogens with zero attached hydrogens (tertiary/aromatic N) is 2. The normalized spacial score (nSPS) is 18.3. The molecule has 1 fully saturated rings. The molecule has 0 bridgehead atoms. The van der Waals surface area contributed by atoms with Crippen molar-refractivity contribution in [1.29, 1.82) is 0 Å². The molecular formula is C19H29N6OS2+. The summed E-state index contributed by atoms with van der Waals surface area (Å²) in [6.07, 6.45) is 1.16. The van der Waals surface area contributed by atoms with Gasteiger partial charge in [-0.05, 0) is 43.3 Å². The van der Waals surface area contributed by atoms with Gasteiger partial charge in [0, 0.05) is 18.0 Å². The van der Waals surface area contributed by atoms with E-state index in [0.29, 0.717) is 5.11 Å². The largest absolute Gasteiger partial charge is 0.370 e. The van der Waals surface area contributed by atoms with Crippen molar-refractivity contribution in [2.75, 3.05) is 57.0 Å². The molecule has 0 saturated carbocycles. The Morgan fingerprint density at radius 2 is 2.07 bits per heavy atom. The molecule has 0 spiro atoms. The number of hydrogen-bond acceptors (Lipinski definition) is 6. The first-order chi connectivity index (χ1) is 13.7. The summed E-state index contributed by atoms with van der Waals surface area (Å²) < 4.78 is 5.37. The third kappa shape index (κ3) is 7.05. The Hall–Kier alpha value is -1.68. The van der Waals surface area contributed by atoms with Crippen LogP contribution >= 0.6 is 24.0 Å². The average Bonchev–Trinajstić information content (AvgIpc) is 2.74. The zero-order valence-electron chi connectivity index (χ0n) is 16.3. The predicted octanol–water partition coefficient (Wildman–Crippen LogP) is 0.695. The van der Waals surface area contributed by atoms with E-state index in [1.165, 1.54) is 0 Å². The smallest absolute Gasteiger partial charge is 0.187 e. The Bertz CT molecular complexity index is 701. The van der Waals surface area contributed by atoms with Gasteiger partial charge in [-0.3, -0.25) is 10.4 Å². The Balaban J connectivity index is 1.41. The first-order valence-electron chi connectivity index (χ1n) is 9.75. The van der Waals surface area contributed by atoms with Crippen LogP contribution in [0.5, 0.6) is 0 Å². The molecule has 0 radical (unpaired) electrons. The molecule has 2 heterocycles. The Morgan fingerprint density at radius 1 is 1.29 bits per heavy atom. The first kappa shape index (κ1) is 21.0. The van der Waals surface area contributed by atoms with E-state index in [-0.39, 0.29) is 0 Å². The van der Waals surface area contributed by atoms with Gasteiger partial charge in [-0.25, -0.2) is 0 Å². The molecule has 7 nitrogen and oxygen atoms in total. The van der Waals surface area contributed by atoms with Gasteiger partial charge in [0.25, 0.3) is 0 Å². The minimum atomic E-state index is 0.553. The Morgan fingerprint density at radius 3 is 2.79 bits per heavy atom. The van der Waals surface area contributed by atoms with Crippen molar-refractivity contribution in [1.82, 2.24) is 10.7 Å². The van der Waals surface area contributed by atoms with Crippen molar-refractivity contribution in [3.63, 3.8) is 0 Å². The van der Waals surface area contributed by atoms with Crippen molar-refractivity contribution >= 4 is 45.7 Å². The van der Waals surface area contributed by atoms with Crippen LogP contribution in [0.2, 0.25) is 0 Å². The molecule has 3 rings (SSSR count). The van der Waals surface area contributed by atoms with E-state index in [2.05, 4.69) is 38.3 Å². The van der Waals surface area contributed by atoms with Crippen molar-refractivity contribution in [3.8, 4) is 0 Å². The number of nitrogens with one attached hydrogen (secondary N) is 4. The van der Waals surface area contributed by atoms with Gasteiger partial charge in [-0.2, -0.15) is 5.10 Å². The van der Waals surface area contributed by atoms with Crippen molar-refractivity contribution in [2.45, 2.75) is 13.3 Å². The van der Waals surface area contributed by atoms with Gasteiger partial charge in [-0.15, -0.1) is 0 Å². The molecule has 1 saturated heterocycles. The molecule has 1 aromatic rings. The summed E-state index contributed by atoms with van der Waals surface area (Å²) >= 11 is 7.08. The Labute approximate surface area is 176 Å². The van der Waals surface area contributed by atoms with Crippen molar-refractivity contribution in [2.24, 2.45) is 10.1 Å². The van der Waals surface area contributed by atoms with Gasteiger partial charge in [0.2, 0.25) is 0 Å². The molecule has 152 valence electrons. The number of aliphatic imine (C=N–C) groups is 1. The molecule has 4 N–H and O–H groups in total. The standard InChI is InChI=1S/C19H28N6OS2/c1-15(23-24-18(27)20-8-9-25-10-12-26-13-11-25)16-3-5-17(6-4-16)22-19-21-7-2-14-28-19/h3-6H,2,7-14H2,1H3,(H,21,22)(H2,20,24,27)/p+1/b23-15-. The molecule has 0 aromatic heterocycles. The molecule has 28 heavy (non-hydrogen) atoms. The minimum Gasteiger partial charge on any atom is -0.370 e. The number of thioether (sulfide) groups is 1. The molecule has 1 aromatic carbocycles. The highest BCUT2D eigenvalue weighted by Crippen LogP contribution is 2.17. The lowest BCUT2D eigenvalue weighted by Crippen LogP contribution is -3.14. The van der Waals surface area contributed by atoms with Crippen molar-refractivity contribution < 1.29 is 9.64 Å². The second-order valence-electron chi connectivity index (χ2n) is 6.77. The number of rotatable bonds is 6. The lowest BCUT2D eigenvalue weighted by atomic mass is 10.1. The quantitative estimate of drug-likeness (QED) is 0.308. The topological polar surface area (TPSA) is 74.5 Å². The van der Waals surface area contributed by atoms with Crippen LogP contribution in [-0.2, 0) is 4.74 Å². The van der Waals surface area contributed by atoms with E-state index in [1.807, 2.05) is 19.1 Å². The fourth-order valence-electron chi connectivity index (χ4n) is 2.96.